The van der Waals surface area contributed by atoms with E-state index in [1.54, 1.807) is 30.1 Å². The fourth-order valence-electron chi connectivity index (χ4n) is 2.45. The molecule has 1 aliphatic heterocycles. The molecule has 1 aliphatic rings. The summed E-state index contributed by atoms with van der Waals surface area (Å²) >= 11 is 0. The maximum atomic E-state index is 12.3. The van der Waals surface area contributed by atoms with Gasteiger partial charge >= 0.3 is 6.03 Å². The summed E-state index contributed by atoms with van der Waals surface area (Å²) in [4.78, 5) is 18.2. The fraction of sp³-hybridized carbons (Fsp3) is 0.263. The first kappa shape index (κ1) is 17.0. The first-order valence-electron chi connectivity index (χ1n) is 8.18. The number of pyridine rings is 1. The molecule has 25 heavy (non-hydrogen) atoms. The van der Waals surface area contributed by atoms with E-state index in [4.69, 9.17) is 9.47 Å². The molecule has 1 N–H and O–H groups in total. The van der Waals surface area contributed by atoms with Gasteiger partial charge in [0.15, 0.2) is 0 Å². The van der Waals surface area contributed by atoms with Gasteiger partial charge in [-0.15, -0.1) is 0 Å². The second-order valence-corrected chi connectivity index (χ2v) is 5.77. The highest BCUT2D eigenvalue weighted by molar-refractivity contribution is 5.88. The van der Waals surface area contributed by atoms with Gasteiger partial charge in [-0.25, -0.2) is 4.79 Å². The molecule has 0 fully saturated rings. The molecule has 2 heterocycles. The predicted octanol–water partition coefficient (Wildman–Crippen LogP) is 3.68. The Morgan fingerprint density at radius 2 is 2.08 bits per heavy atom. The van der Waals surface area contributed by atoms with E-state index >= 15 is 0 Å². The van der Waals surface area contributed by atoms with E-state index in [9.17, 15) is 4.79 Å². The van der Waals surface area contributed by atoms with E-state index in [2.05, 4.69) is 16.4 Å². The summed E-state index contributed by atoms with van der Waals surface area (Å²) < 4.78 is 11.1. The molecule has 0 aliphatic carbocycles. The summed E-state index contributed by atoms with van der Waals surface area (Å²) in [5, 5.41) is 2.79. The lowest BCUT2D eigenvalue weighted by atomic mass is 10.2. The number of nitrogens with one attached hydrogen (secondary N) is 1. The number of hydrogen-bond acceptors (Lipinski definition) is 4. The molecule has 2 amide bonds. The average molecular weight is 339 g/mol. The molecule has 0 unspecified atom stereocenters. The standard InChI is InChI=1S/C19H21N3O3/c1-22(13-15-7-6-12-24-14-15)19(23)21-17-10-5-11-18(20-17)25-16-8-3-2-4-9-16/h2-5,7-11H,6,12-14H2,1H3,(H,20,21,23). The van der Waals surface area contributed by atoms with Crippen LogP contribution in [0.3, 0.4) is 0 Å². The molecule has 0 bridgehead atoms. The molecule has 3 rings (SSSR count). The number of benzene rings is 1. The molecular weight excluding hydrogens is 318 g/mol. The molecule has 2 aromatic rings. The third-order valence-electron chi connectivity index (χ3n) is 3.69. The van der Waals surface area contributed by atoms with Gasteiger partial charge in [0, 0.05) is 19.7 Å². The van der Waals surface area contributed by atoms with Crippen LogP contribution in [0.25, 0.3) is 0 Å². The summed E-state index contributed by atoms with van der Waals surface area (Å²) in [7, 11) is 1.75. The van der Waals surface area contributed by atoms with Crippen molar-refractivity contribution >= 4 is 11.8 Å². The van der Waals surface area contributed by atoms with Gasteiger partial charge in [0.1, 0.15) is 11.6 Å². The van der Waals surface area contributed by atoms with Crippen molar-refractivity contribution in [3.8, 4) is 11.6 Å². The number of carbonyl (C=O) groups is 1. The van der Waals surface area contributed by atoms with Crippen molar-refractivity contribution in [2.24, 2.45) is 0 Å². The largest absolute Gasteiger partial charge is 0.439 e. The quantitative estimate of drug-likeness (QED) is 0.844. The monoisotopic (exact) mass is 339 g/mol. The normalized spacial score (nSPS) is 13.7. The zero-order valence-electron chi connectivity index (χ0n) is 14.1. The van der Waals surface area contributed by atoms with E-state index in [0.29, 0.717) is 30.6 Å². The zero-order chi connectivity index (χ0) is 17.5. The number of likely N-dealkylation sites (N-methyl/N-ethyl adjacent to an activating group) is 1. The Kier molecular flexibility index (Phi) is 5.64. The van der Waals surface area contributed by atoms with Crippen LogP contribution >= 0.6 is 0 Å². The molecule has 0 saturated heterocycles. The third kappa shape index (κ3) is 5.06. The minimum atomic E-state index is -0.226. The van der Waals surface area contributed by atoms with Crippen LogP contribution in [-0.2, 0) is 4.74 Å². The highest BCUT2D eigenvalue weighted by atomic mass is 16.5. The molecule has 0 saturated carbocycles. The van der Waals surface area contributed by atoms with Crippen molar-refractivity contribution in [3.05, 3.63) is 60.2 Å². The number of hydrogen-bond donors (Lipinski definition) is 1. The zero-order valence-corrected chi connectivity index (χ0v) is 14.1. The van der Waals surface area contributed by atoms with Gasteiger partial charge in [0.2, 0.25) is 5.88 Å². The third-order valence-corrected chi connectivity index (χ3v) is 3.69. The van der Waals surface area contributed by atoms with Gasteiger partial charge in [-0.2, -0.15) is 4.98 Å². The number of anilines is 1. The molecule has 0 radical (unpaired) electrons. The fourth-order valence-corrected chi connectivity index (χ4v) is 2.45. The topological polar surface area (TPSA) is 63.7 Å². The Morgan fingerprint density at radius 3 is 2.84 bits per heavy atom. The SMILES string of the molecule is CN(CC1=CCCOC1)C(=O)Nc1cccc(Oc2ccccc2)n1. The number of nitrogens with zero attached hydrogens (tertiary/aromatic N) is 2. The Balaban J connectivity index is 1.59. The summed E-state index contributed by atoms with van der Waals surface area (Å²) in [6.45, 7) is 1.86. The smallest absolute Gasteiger partial charge is 0.323 e. The molecule has 0 spiro atoms. The highest BCUT2D eigenvalue weighted by Gasteiger charge is 2.13. The molecule has 130 valence electrons. The van der Waals surface area contributed by atoms with Crippen molar-refractivity contribution in [1.82, 2.24) is 9.88 Å². The second-order valence-electron chi connectivity index (χ2n) is 5.77. The Bertz CT molecular complexity index is 747. The summed E-state index contributed by atoms with van der Waals surface area (Å²) in [6.07, 6.45) is 3.02. The van der Waals surface area contributed by atoms with Gasteiger partial charge in [0.05, 0.1) is 13.2 Å². The van der Waals surface area contributed by atoms with Crippen LogP contribution < -0.4 is 10.1 Å². The first-order chi connectivity index (χ1) is 12.2. The maximum Gasteiger partial charge on any atom is 0.323 e. The van der Waals surface area contributed by atoms with E-state index in [1.165, 1.54) is 0 Å². The van der Waals surface area contributed by atoms with Gasteiger partial charge in [-0.1, -0.05) is 30.3 Å². The summed E-state index contributed by atoms with van der Waals surface area (Å²) in [6, 6.07) is 14.4. The minimum absolute atomic E-state index is 0.226. The number of para-hydroxylation sites is 1. The molecule has 0 atom stereocenters. The number of amides is 2. The van der Waals surface area contributed by atoms with E-state index in [0.717, 1.165) is 18.6 Å². The van der Waals surface area contributed by atoms with Gasteiger partial charge in [0.25, 0.3) is 0 Å². The highest BCUT2D eigenvalue weighted by Crippen LogP contribution is 2.20. The summed E-state index contributed by atoms with van der Waals surface area (Å²) in [5.41, 5.74) is 1.11. The predicted molar refractivity (Wildman–Crippen MR) is 95.9 cm³/mol. The molecule has 1 aromatic heterocycles. The summed E-state index contributed by atoms with van der Waals surface area (Å²) in [5.74, 6) is 1.56. The van der Waals surface area contributed by atoms with Crippen LogP contribution in [-0.4, -0.2) is 42.7 Å². The lowest BCUT2D eigenvalue weighted by Crippen LogP contribution is -2.34. The van der Waals surface area contributed by atoms with Crippen molar-refractivity contribution in [1.29, 1.82) is 0 Å². The van der Waals surface area contributed by atoms with Crippen LogP contribution in [0, 0.1) is 0 Å². The second kappa shape index (κ2) is 8.30. The van der Waals surface area contributed by atoms with Crippen molar-refractivity contribution in [3.63, 3.8) is 0 Å². The van der Waals surface area contributed by atoms with Crippen LogP contribution in [0.15, 0.2) is 60.2 Å². The molecule has 1 aromatic carbocycles. The Morgan fingerprint density at radius 1 is 1.24 bits per heavy atom. The minimum Gasteiger partial charge on any atom is -0.439 e. The number of carbonyl (C=O) groups excluding carboxylic acids is 1. The van der Waals surface area contributed by atoms with Crippen molar-refractivity contribution in [2.45, 2.75) is 6.42 Å². The first-order valence-corrected chi connectivity index (χ1v) is 8.18. The van der Waals surface area contributed by atoms with Gasteiger partial charge in [-0.05, 0) is 30.2 Å². The molecule has 6 heteroatoms. The van der Waals surface area contributed by atoms with Crippen molar-refractivity contribution < 1.29 is 14.3 Å². The van der Waals surface area contributed by atoms with Gasteiger partial charge < -0.3 is 14.4 Å². The van der Waals surface area contributed by atoms with E-state index in [-0.39, 0.29) is 6.03 Å². The van der Waals surface area contributed by atoms with E-state index in [1.807, 2.05) is 30.3 Å². The van der Waals surface area contributed by atoms with E-state index < -0.39 is 0 Å². The Hall–Kier alpha value is -2.86. The van der Waals surface area contributed by atoms with Crippen molar-refractivity contribution in [2.75, 3.05) is 32.1 Å². The number of rotatable bonds is 5. The maximum absolute atomic E-state index is 12.3. The van der Waals surface area contributed by atoms with Crippen LogP contribution in [0.4, 0.5) is 10.6 Å². The lowest BCUT2D eigenvalue weighted by Gasteiger charge is -2.21. The molecule has 6 nitrogen and oxygen atoms in total. The Labute approximate surface area is 147 Å². The van der Waals surface area contributed by atoms with Crippen LogP contribution in [0.2, 0.25) is 0 Å². The lowest BCUT2D eigenvalue weighted by molar-refractivity contribution is 0.145. The van der Waals surface area contributed by atoms with Crippen LogP contribution in [0.5, 0.6) is 11.6 Å². The number of urea groups is 1. The molecular formula is C19H21N3O3. The average Bonchev–Trinajstić information content (AvgIpc) is 2.63. The van der Waals surface area contributed by atoms with Crippen LogP contribution in [0.1, 0.15) is 6.42 Å². The van der Waals surface area contributed by atoms with Gasteiger partial charge in [-0.3, -0.25) is 5.32 Å². The number of aromatic nitrogens is 1. The number of ether oxygens (including phenoxy) is 2.